The van der Waals surface area contributed by atoms with Crippen LogP contribution in [0.25, 0.3) is 0 Å². The van der Waals surface area contributed by atoms with Crippen LogP contribution in [0.4, 0.5) is 26.3 Å². The van der Waals surface area contributed by atoms with Gasteiger partial charge in [0.2, 0.25) is 0 Å². The van der Waals surface area contributed by atoms with Gasteiger partial charge in [0, 0.05) is 6.42 Å². The number of rotatable bonds is 2. The number of hydrogen-bond donors (Lipinski definition) is 1. The normalized spacial score (nSPS) is 28.5. The molecule has 7 heteroatoms. The molecule has 0 spiro atoms. The molecule has 0 saturated heterocycles. The molecule has 1 fully saturated rings. The minimum absolute atomic E-state index is 0.186. The van der Waals surface area contributed by atoms with Gasteiger partial charge in [-0.1, -0.05) is 11.6 Å². The van der Waals surface area contributed by atoms with Crippen LogP contribution in [-0.4, -0.2) is 23.1 Å². The number of allylic oxidation sites excluding steroid dienone is 2. The number of alkyl halides is 6. The molecular weight excluding hydrogens is 274 g/mol. The third-order valence-corrected chi connectivity index (χ3v) is 4.20. The molecule has 110 valence electrons. The van der Waals surface area contributed by atoms with Gasteiger partial charge in [-0.05, 0) is 37.5 Å². The predicted octanol–water partition coefficient (Wildman–Crippen LogP) is 3.98. The number of aliphatic hydroxyl groups is 1. The molecule has 3 aliphatic rings. The van der Waals surface area contributed by atoms with E-state index in [0.717, 1.165) is 18.4 Å². The zero-order valence-electron chi connectivity index (χ0n) is 9.98. The Kier molecular flexibility index (Phi) is 3.40. The maximum absolute atomic E-state index is 12.6. The van der Waals surface area contributed by atoms with Crippen LogP contribution in [0.2, 0.25) is 0 Å². The molecule has 0 amide bonds. The maximum Gasteiger partial charge on any atom is 0.426 e. The standard InChI is InChI=1S/C12H14F6O/c13-11(14,15)10(19,12(16,17)18)6-9-5-7-1-3-8(9)4-2-7/h5,8-9,19H,1-4,6H2. The molecule has 3 rings (SSSR count). The van der Waals surface area contributed by atoms with Crippen molar-refractivity contribution in [2.45, 2.75) is 50.1 Å². The molecule has 1 nitrogen and oxygen atoms in total. The average molecular weight is 288 g/mol. The first-order valence-corrected chi connectivity index (χ1v) is 6.10. The van der Waals surface area contributed by atoms with Gasteiger partial charge in [-0.25, -0.2) is 0 Å². The summed E-state index contributed by atoms with van der Waals surface area (Å²) >= 11 is 0. The average Bonchev–Trinajstić information content (AvgIpc) is 2.27. The molecule has 3 aliphatic carbocycles. The van der Waals surface area contributed by atoms with Crippen LogP contribution < -0.4 is 0 Å². The second-order valence-electron chi connectivity index (χ2n) is 5.39. The van der Waals surface area contributed by atoms with Gasteiger partial charge in [0.1, 0.15) is 0 Å². The Bertz CT molecular complexity index is 357. The topological polar surface area (TPSA) is 20.2 Å². The molecule has 1 saturated carbocycles. The fourth-order valence-electron chi connectivity index (χ4n) is 3.00. The molecule has 0 aromatic carbocycles. The van der Waals surface area contributed by atoms with Crippen LogP contribution in [0, 0.1) is 11.8 Å². The van der Waals surface area contributed by atoms with Crippen molar-refractivity contribution in [2.24, 2.45) is 11.8 Å². The van der Waals surface area contributed by atoms with E-state index in [-0.39, 0.29) is 5.92 Å². The van der Waals surface area contributed by atoms with Crippen LogP contribution in [0.1, 0.15) is 32.1 Å². The Labute approximate surface area is 106 Å². The quantitative estimate of drug-likeness (QED) is 0.602. The first-order valence-electron chi connectivity index (χ1n) is 6.10. The second-order valence-corrected chi connectivity index (χ2v) is 5.39. The van der Waals surface area contributed by atoms with E-state index in [1.807, 2.05) is 0 Å². The monoisotopic (exact) mass is 288 g/mol. The van der Waals surface area contributed by atoms with E-state index in [2.05, 4.69) is 0 Å². The van der Waals surface area contributed by atoms with Crippen molar-refractivity contribution in [3.8, 4) is 0 Å². The first-order chi connectivity index (χ1) is 8.54. The van der Waals surface area contributed by atoms with E-state index in [4.69, 9.17) is 0 Å². The van der Waals surface area contributed by atoms with Gasteiger partial charge in [-0.3, -0.25) is 0 Å². The van der Waals surface area contributed by atoms with E-state index in [1.54, 1.807) is 0 Å². The van der Waals surface area contributed by atoms with E-state index in [1.165, 1.54) is 6.08 Å². The summed E-state index contributed by atoms with van der Waals surface area (Å²) in [4.78, 5) is 0. The highest BCUT2D eigenvalue weighted by molar-refractivity contribution is 5.16. The summed E-state index contributed by atoms with van der Waals surface area (Å²) < 4.78 is 75.6. The van der Waals surface area contributed by atoms with Crippen molar-refractivity contribution < 1.29 is 31.4 Å². The van der Waals surface area contributed by atoms with E-state index >= 15 is 0 Å². The van der Waals surface area contributed by atoms with Gasteiger partial charge >= 0.3 is 12.4 Å². The molecular formula is C12H14F6O. The van der Waals surface area contributed by atoms with Crippen molar-refractivity contribution in [1.29, 1.82) is 0 Å². The Hall–Kier alpha value is -0.720. The Balaban J connectivity index is 2.26. The van der Waals surface area contributed by atoms with Gasteiger partial charge in [-0.2, -0.15) is 26.3 Å². The number of hydrogen-bond acceptors (Lipinski definition) is 1. The van der Waals surface area contributed by atoms with Gasteiger partial charge in [0.25, 0.3) is 5.60 Å². The SMILES string of the molecule is OC(CC1C=C2CCC1CC2)(C(F)(F)F)C(F)(F)F. The van der Waals surface area contributed by atoms with Crippen molar-refractivity contribution >= 4 is 0 Å². The summed E-state index contributed by atoms with van der Waals surface area (Å²) in [7, 11) is 0. The Morgan fingerprint density at radius 1 is 1.00 bits per heavy atom. The maximum atomic E-state index is 12.6. The first kappa shape index (κ1) is 14.7. The van der Waals surface area contributed by atoms with E-state index in [9.17, 15) is 31.4 Å². The molecule has 1 N–H and O–H groups in total. The molecule has 0 aliphatic heterocycles. The molecule has 2 bridgehead atoms. The lowest BCUT2D eigenvalue weighted by Crippen LogP contribution is -2.58. The minimum Gasteiger partial charge on any atom is -0.374 e. The zero-order chi connectivity index (χ0) is 14.5. The lowest BCUT2D eigenvalue weighted by molar-refractivity contribution is -0.372. The fraction of sp³-hybridized carbons (Fsp3) is 0.833. The molecule has 0 heterocycles. The largest absolute Gasteiger partial charge is 0.426 e. The predicted molar refractivity (Wildman–Crippen MR) is 55.2 cm³/mol. The Morgan fingerprint density at radius 3 is 1.79 bits per heavy atom. The fourth-order valence-corrected chi connectivity index (χ4v) is 3.00. The summed E-state index contributed by atoms with van der Waals surface area (Å²) in [5.41, 5.74) is -3.70. The molecule has 19 heavy (non-hydrogen) atoms. The van der Waals surface area contributed by atoms with Crippen LogP contribution in [0.5, 0.6) is 0 Å². The van der Waals surface area contributed by atoms with Gasteiger partial charge in [0.05, 0.1) is 0 Å². The molecule has 1 atom stereocenters. The van der Waals surface area contributed by atoms with Crippen LogP contribution in [0.15, 0.2) is 11.6 Å². The molecule has 1 unspecified atom stereocenters. The summed E-state index contributed by atoms with van der Waals surface area (Å²) in [6.45, 7) is 0. The van der Waals surface area contributed by atoms with Crippen LogP contribution >= 0.6 is 0 Å². The highest BCUT2D eigenvalue weighted by Gasteiger charge is 2.70. The molecule has 0 aromatic rings. The number of halogens is 6. The zero-order valence-corrected chi connectivity index (χ0v) is 9.98. The summed E-state index contributed by atoms with van der Waals surface area (Å²) in [5, 5.41) is 9.19. The molecule has 0 radical (unpaired) electrons. The highest BCUT2D eigenvalue weighted by atomic mass is 19.4. The minimum atomic E-state index is -5.71. The smallest absolute Gasteiger partial charge is 0.374 e. The van der Waals surface area contributed by atoms with Crippen molar-refractivity contribution in [3.63, 3.8) is 0 Å². The summed E-state index contributed by atoms with van der Waals surface area (Å²) in [5.74, 6) is -1.03. The van der Waals surface area contributed by atoms with Gasteiger partial charge < -0.3 is 5.11 Å². The van der Waals surface area contributed by atoms with Gasteiger partial charge in [-0.15, -0.1) is 0 Å². The number of fused-ring (bicyclic) bond motifs is 3. The second kappa shape index (κ2) is 4.40. The lowest BCUT2D eigenvalue weighted by atomic mass is 9.68. The van der Waals surface area contributed by atoms with Crippen molar-refractivity contribution in [3.05, 3.63) is 11.6 Å². The van der Waals surface area contributed by atoms with Crippen molar-refractivity contribution in [1.82, 2.24) is 0 Å². The summed E-state index contributed by atoms with van der Waals surface area (Å²) in [6.07, 6.45) is -8.52. The third-order valence-electron chi connectivity index (χ3n) is 4.20. The van der Waals surface area contributed by atoms with Crippen molar-refractivity contribution in [2.75, 3.05) is 0 Å². The van der Waals surface area contributed by atoms with Crippen LogP contribution in [-0.2, 0) is 0 Å². The van der Waals surface area contributed by atoms with E-state index < -0.39 is 30.3 Å². The van der Waals surface area contributed by atoms with Gasteiger partial charge in [0.15, 0.2) is 0 Å². The summed E-state index contributed by atoms with van der Waals surface area (Å²) in [6, 6.07) is 0. The van der Waals surface area contributed by atoms with E-state index in [0.29, 0.717) is 12.8 Å². The molecule has 0 aromatic heterocycles. The third kappa shape index (κ3) is 2.49. The lowest BCUT2D eigenvalue weighted by Gasteiger charge is -2.41. The highest BCUT2D eigenvalue weighted by Crippen LogP contribution is 2.51. The Morgan fingerprint density at radius 2 is 1.47 bits per heavy atom. The van der Waals surface area contributed by atoms with Crippen LogP contribution in [0.3, 0.4) is 0 Å².